The Morgan fingerprint density at radius 3 is 2.71 bits per heavy atom. The van der Waals surface area contributed by atoms with Crippen LogP contribution in [0.2, 0.25) is 0 Å². The molecule has 1 N–H and O–H groups in total. The third-order valence-corrected chi connectivity index (χ3v) is 3.72. The van der Waals surface area contributed by atoms with Gasteiger partial charge in [-0.1, -0.05) is 12.1 Å². The van der Waals surface area contributed by atoms with Crippen LogP contribution in [0.25, 0.3) is 0 Å². The zero-order valence-electron chi connectivity index (χ0n) is 11.7. The second-order valence-electron chi connectivity index (χ2n) is 4.60. The number of hydrogen-bond donors (Lipinski definition) is 1. The fourth-order valence-electron chi connectivity index (χ4n) is 1.97. The van der Waals surface area contributed by atoms with Crippen LogP contribution in [0.1, 0.15) is 11.1 Å². The van der Waals surface area contributed by atoms with Gasteiger partial charge in [0, 0.05) is 12.6 Å². The van der Waals surface area contributed by atoms with Crippen LogP contribution in [0.5, 0.6) is 5.75 Å². The molecule has 0 heterocycles. The second kappa shape index (κ2) is 6.58. The van der Waals surface area contributed by atoms with E-state index in [1.807, 2.05) is 31.2 Å². The minimum absolute atomic E-state index is 0.0607. The molecule has 5 nitrogen and oxygen atoms in total. The quantitative estimate of drug-likeness (QED) is 0.645. The third kappa shape index (κ3) is 3.72. The molecular weight excluding hydrogens is 336 g/mol. The monoisotopic (exact) mass is 350 g/mol. The van der Waals surface area contributed by atoms with E-state index in [1.165, 1.54) is 0 Å². The molecule has 0 aliphatic rings. The van der Waals surface area contributed by atoms with E-state index in [0.29, 0.717) is 11.0 Å². The summed E-state index contributed by atoms with van der Waals surface area (Å²) in [6.45, 7) is 2.48. The summed E-state index contributed by atoms with van der Waals surface area (Å²) in [7, 11) is 1.61. The van der Waals surface area contributed by atoms with Crippen LogP contribution in [0.4, 0.5) is 11.4 Å². The number of nitro groups is 1. The number of hydrogen-bond acceptors (Lipinski definition) is 4. The summed E-state index contributed by atoms with van der Waals surface area (Å²) >= 11 is 3.18. The SMILES string of the molecule is COc1ccc(C)cc1NCc1ccc(Br)c([N+](=O)[O-])c1. The predicted octanol–water partition coefficient (Wildman–Crippen LogP) is 4.29. The first-order chi connectivity index (χ1) is 10.0. The molecule has 0 spiro atoms. The Bertz CT molecular complexity index is 674. The van der Waals surface area contributed by atoms with Crippen molar-refractivity contribution < 1.29 is 9.66 Å². The summed E-state index contributed by atoms with van der Waals surface area (Å²) in [6, 6.07) is 10.9. The third-order valence-electron chi connectivity index (χ3n) is 3.05. The molecule has 21 heavy (non-hydrogen) atoms. The lowest BCUT2D eigenvalue weighted by atomic mass is 10.1. The molecule has 0 fully saturated rings. The topological polar surface area (TPSA) is 64.4 Å². The van der Waals surface area contributed by atoms with Crippen molar-refractivity contribution in [1.29, 1.82) is 0 Å². The Kier molecular flexibility index (Phi) is 4.80. The van der Waals surface area contributed by atoms with Crippen molar-refractivity contribution in [3.8, 4) is 5.75 Å². The maximum Gasteiger partial charge on any atom is 0.283 e. The molecule has 0 amide bonds. The number of benzene rings is 2. The highest BCUT2D eigenvalue weighted by Crippen LogP contribution is 2.28. The molecule has 2 rings (SSSR count). The highest BCUT2D eigenvalue weighted by molar-refractivity contribution is 9.10. The van der Waals surface area contributed by atoms with Crippen molar-refractivity contribution in [2.24, 2.45) is 0 Å². The number of nitro benzene ring substituents is 1. The van der Waals surface area contributed by atoms with E-state index in [2.05, 4.69) is 21.2 Å². The minimum atomic E-state index is -0.402. The molecule has 0 aliphatic heterocycles. The largest absolute Gasteiger partial charge is 0.495 e. The van der Waals surface area contributed by atoms with Gasteiger partial charge in [0.15, 0.2) is 0 Å². The fraction of sp³-hybridized carbons (Fsp3) is 0.200. The maximum absolute atomic E-state index is 10.9. The van der Waals surface area contributed by atoms with Gasteiger partial charge in [-0.05, 0) is 52.2 Å². The molecule has 6 heteroatoms. The summed E-state index contributed by atoms with van der Waals surface area (Å²) < 4.78 is 5.77. The normalized spacial score (nSPS) is 10.2. The van der Waals surface area contributed by atoms with E-state index >= 15 is 0 Å². The van der Waals surface area contributed by atoms with Gasteiger partial charge in [-0.2, -0.15) is 0 Å². The second-order valence-corrected chi connectivity index (χ2v) is 5.45. The molecule has 2 aromatic rings. The van der Waals surface area contributed by atoms with Gasteiger partial charge in [0.25, 0.3) is 5.69 Å². The first-order valence-electron chi connectivity index (χ1n) is 6.32. The summed E-state index contributed by atoms with van der Waals surface area (Å²) in [4.78, 5) is 10.5. The average molecular weight is 351 g/mol. The van der Waals surface area contributed by atoms with Crippen LogP contribution >= 0.6 is 15.9 Å². The summed E-state index contributed by atoms with van der Waals surface area (Å²) in [5.74, 6) is 0.743. The molecular formula is C15H15BrN2O3. The van der Waals surface area contributed by atoms with E-state index in [9.17, 15) is 10.1 Å². The molecule has 0 bridgehead atoms. The number of ether oxygens (including phenoxy) is 1. The molecule has 110 valence electrons. The Morgan fingerprint density at radius 2 is 2.05 bits per heavy atom. The van der Waals surface area contributed by atoms with E-state index in [1.54, 1.807) is 19.2 Å². The standard InChI is InChI=1S/C15H15BrN2O3/c1-10-3-6-15(21-2)13(7-10)17-9-11-4-5-12(16)14(8-11)18(19)20/h3-8,17H,9H2,1-2H3. The van der Waals surface area contributed by atoms with Gasteiger partial charge in [0.1, 0.15) is 5.75 Å². The molecule has 0 unspecified atom stereocenters. The van der Waals surface area contributed by atoms with Gasteiger partial charge in [-0.25, -0.2) is 0 Å². The van der Waals surface area contributed by atoms with Gasteiger partial charge in [-0.3, -0.25) is 10.1 Å². The number of anilines is 1. The minimum Gasteiger partial charge on any atom is -0.495 e. The average Bonchev–Trinajstić information content (AvgIpc) is 2.46. The van der Waals surface area contributed by atoms with Crippen molar-refractivity contribution in [2.45, 2.75) is 13.5 Å². The lowest BCUT2D eigenvalue weighted by Crippen LogP contribution is -2.02. The lowest BCUT2D eigenvalue weighted by Gasteiger charge is -2.12. The van der Waals surface area contributed by atoms with Gasteiger partial charge >= 0.3 is 0 Å². The lowest BCUT2D eigenvalue weighted by molar-refractivity contribution is -0.385. The van der Waals surface area contributed by atoms with Crippen LogP contribution in [0, 0.1) is 17.0 Å². The molecule has 0 aromatic heterocycles. The van der Waals surface area contributed by atoms with Crippen LogP contribution in [0.15, 0.2) is 40.9 Å². The van der Waals surface area contributed by atoms with Gasteiger partial charge in [0.2, 0.25) is 0 Å². The number of aryl methyl sites for hydroxylation is 1. The molecule has 0 saturated carbocycles. The molecule has 0 saturated heterocycles. The number of methoxy groups -OCH3 is 1. The van der Waals surface area contributed by atoms with E-state index in [-0.39, 0.29) is 5.69 Å². The van der Waals surface area contributed by atoms with Crippen molar-refractivity contribution in [3.63, 3.8) is 0 Å². The summed E-state index contributed by atoms with van der Waals surface area (Å²) in [5.41, 5.74) is 2.86. The zero-order chi connectivity index (χ0) is 15.4. The molecule has 0 atom stereocenters. The predicted molar refractivity (Wildman–Crippen MR) is 85.9 cm³/mol. The van der Waals surface area contributed by atoms with Crippen LogP contribution < -0.4 is 10.1 Å². The zero-order valence-corrected chi connectivity index (χ0v) is 13.3. The Hall–Kier alpha value is -2.08. The highest BCUT2D eigenvalue weighted by atomic mass is 79.9. The summed E-state index contributed by atoms with van der Waals surface area (Å²) in [6.07, 6.45) is 0. The van der Waals surface area contributed by atoms with Crippen molar-refractivity contribution >= 4 is 27.3 Å². The Morgan fingerprint density at radius 1 is 1.29 bits per heavy atom. The Balaban J connectivity index is 2.19. The van der Waals surface area contributed by atoms with E-state index in [4.69, 9.17) is 4.74 Å². The van der Waals surface area contributed by atoms with E-state index < -0.39 is 4.92 Å². The molecule has 0 radical (unpaired) electrons. The molecule has 2 aromatic carbocycles. The van der Waals surface area contributed by atoms with Crippen LogP contribution in [0.3, 0.4) is 0 Å². The number of halogens is 1. The van der Waals surface area contributed by atoms with Crippen molar-refractivity contribution in [1.82, 2.24) is 0 Å². The van der Waals surface area contributed by atoms with Crippen LogP contribution in [-0.2, 0) is 6.54 Å². The number of rotatable bonds is 5. The van der Waals surface area contributed by atoms with Crippen molar-refractivity contribution in [3.05, 3.63) is 62.1 Å². The van der Waals surface area contributed by atoms with Crippen LogP contribution in [-0.4, -0.2) is 12.0 Å². The van der Waals surface area contributed by atoms with Gasteiger partial charge in [-0.15, -0.1) is 0 Å². The molecule has 0 aliphatic carbocycles. The van der Waals surface area contributed by atoms with Crippen molar-refractivity contribution in [2.75, 3.05) is 12.4 Å². The first kappa shape index (κ1) is 15.3. The maximum atomic E-state index is 10.9. The smallest absolute Gasteiger partial charge is 0.283 e. The first-order valence-corrected chi connectivity index (χ1v) is 7.12. The highest BCUT2D eigenvalue weighted by Gasteiger charge is 2.12. The number of nitrogens with zero attached hydrogens (tertiary/aromatic N) is 1. The van der Waals surface area contributed by atoms with Gasteiger partial charge in [0.05, 0.1) is 22.2 Å². The van der Waals surface area contributed by atoms with Gasteiger partial charge < -0.3 is 10.1 Å². The number of nitrogens with one attached hydrogen (secondary N) is 1. The summed E-state index contributed by atoms with van der Waals surface area (Å²) in [5, 5.41) is 14.2. The fourth-order valence-corrected chi connectivity index (χ4v) is 2.36. The van der Waals surface area contributed by atoms with E-state index in [0.717, 1.165) is 22.6 Å². The Labute approximate surface area is 131 Å².